The van der Waals surface area contributed by atoms with E-state index in [0.29, 0.717) is 11.6 Å². The van der Waals surface area contributed by atoms with Crippen LogP contribution in [0.15, 0.2) is 90.0 Å². The number of hydrazone groups is 1. The molecule has 5 rings (SSSR count). The summed E-state index contributed by atoms with van der Waals surface area (Å²) in [6, 6.07) is 27.9. The van der Waals surface area contributed by atoms with Gasteiger partial charge in [0.15, 0.2) is 0 Å². The van der Waals surface area contributed by atoms with Gasteiger partial charge in [-0.3, -0.25) is 5.43 Å². The third-order valence-electron chi connectivity index (χ3n) is 4.92. The number of rotatable bonds is 6. The first-order valence-electron chi connectivity index (χ1n) is 9.80. The van der Waals surface area contributed by atoms with E-state index in [0.717, 1.165) is 43.0 Å². The number of halogens is 1. The van der Waals surface area contributed by atoms with Gasteiger partial charge in [0.25, 0.3) is 0 Å². The first kappa shape index (κ1) is 19.5. The van der Waals surface area contributed by atoms with Gasteiger partial charge in [-0.2, -0.15) is 5.10 Å². The highest BCUT2D eigenvalue weighted by molar-refractivity contribution is 7.22. The largest absolute Gasteiger partial charge is 0.488 e. The van der Waals surface area contributed by atoms with Crippen molar-refractivity contribution < 1.29 is 4.74 Å². The molecule has 0 saturated heterocycles. The summed E-state index contributed by atoms with van der Waals surface area (Å²) in [4.78, 5) is 4.56. The predicted molar refractivity (Wildman–Crippen MR) is 131 cm³/mol. The van der Waals surface area contributed by atoms with Gasteiger partial charge in [-0.15, -0.1) is 0 Å². The molecule has 5 aromatic rings. The van der Waals surface area contributed by atoms with Gasteiger partial charge in [0, 0.05) is 16.1 Å². The zero-order valence-corrected chi connectivity index (χ0v) is 18.0. The number of benzene rings is 4. The van der Waals surface area contributed by atoms with Crippen molar-refractivity contribution in [1.82, 2.24) is 4.98 Å². The summed E-state index contributed by atoms with van der Waals surface area (Å²) in [6.07, 6.45) is 1.79. The van der Waals surface area contributed by atoms with Crippen molar-refractivity contribution in [2.45, 2.75) is 6.61 Å². The molecule has 152 valence electrons. The van der Waals surface area contributed by atoms with Gasteiger partial charge in [0.05, 0.1) is 16.4 Å². The summed E-state index contributed by atoms with van der Waals surface area (Å²) < 4.78 is 7.27. The molecule has 0 atom stereocenters. The fourth-order valence-corrected chi connectivity index (χ4v) is 4.38. The van der Waals surface area contributed by atoms with Crippen molar-refractivity contribution >= 4 is 55.3 Å². The Bertz CT molecular complexity index is 1360. The van der Waals surface area contributed by atoms with Gasteiger partial charge in [-0.1, -0.05) is 83.6 Å². The number of para-hydroxylation sites is 1. The van der Waals surface area contributed by atoms with Gasteiger partial charge < -0.3 is 4.74 Å². The van der Waals surface area contributed by atoms with Gasteiger partial charge in [-0.25, -0.2) is 4.98 Å². The summed E-state index contributed by atoms with van der Waals surface area (Å²) in [6.45, 7) is 0.379. The van der Waals surface area contributed by atoms with Crippen molar-refractivity contribution in [2.75, 3.05) is 5.43 Å². The van der Waals surface area contributed by atoms with Crippen LogP contribution in [-0.4, -0.2) is 11.2 Å². The minimum absolute atomic E-state index is 0.379. The molecule has 0 aliphatic carbocycles. The van der Waals surface area contributed by atoms with E-state index in [1.54, 1.807) is 17.6 Å². The summed E-state index contributed by atoms with van der Waals surface area (Å²) in [5.74, 6) is 0.744. The molecule has 0 spiro atoms. The SMILES string of the molecule is Clc1ccccc1COc1ccc2ccccc2c1/C=N\Nc1nc2ccccc2s1. The number of nitrogens with zero attached hydrogens (tertiary/aromatic N) is 2. The van der Waals surface area contributed by atoms with Crippen LogP contribution in [0.5, 0.6) is 5.75 Å². The van der Waals surface area contributed by atoms with Crippen LogP contribution in [0.25, 0.3) is 21.0 Å². The number of fused-ring (bicyclic) bond motifs is 2. The first-order chi connectivity index (χ1) is 15.3. The third kappa shape index (κ3) is 4.24. The van der Waals surface area contributed by atoms with Gasteiger partial charge in [0.1, 0.15) is 12.4 Å². The maximum atomic E-state index is 6.29. The van der Waals surface area contributed by atoms with Crippen LogP contribution < -0.4 is 10.2 Å². The lowest BCUT2D eigenvalue weighted by molar-refractivity contribution is 0.306. The molecule has 0 saturated carbocycles. The molecule has 1 heterocycles. The minimum atomic E-state index is 0.379. The topological polar surface area (TPSA) is 46.5 Å². The van der Waals surface area contributed by atoms with Crippen molar-refractivity contribution in [2.24, 2.45) is 5.10 Å². The highest BCUT2D eigenvalue weighted by atomic mass is 35.5. The molecule has 0 bridgehead atoms. The predicted octanol–water partition coefficient (Wildman–Crippen LogP) is 7.13. The van der Waals surface area contributed by atoms with Gasteiger partial charge >= 0.3 is 0 Å². The number of nitrogens with one attached hydrogen (secondary N) is 1. The highest BCUT2D eigenvalue weighted by Gasteiger charge is 2.09. The fraction of sp³-hybridized carbons (Fsp3) is 0.0400. The van der Waals surface area contributed by atoms with E-state index in [9.17, 15) is 0 Å². The Labute approximate surface area is 188 Å². The molecule has 4 aromatic carbocycles. The molecule has 0 fully saturated rings. The van der Waals surface area contributed by atoms with E-state index < -0.39 is 0 Å². The number of anilines is 1. The molecule has 0 radical (unpaired) electrons. The van der Waals surface area contributed by atoms with Crippen molar-refractivity contribution in [1.29, 1.82) is 0 Å². The molecule has 31 heavy (non-hydrogen) atoms. The lowest BCUT2D eigenvalue weighted by atomic mass is 10.0. The Morgan fingerprint density at radius 3 is 2.65 bits per heavy atom. The second kappa shape index (κ2) is 8.76. The summed E-state index contributed by atoms with van der Waals surface area (Å²) in [5, 5.41) is 8.08. The van der Waals surface area contributed by atoms with Crippen LogP contribution >= 0.6 is 22.9 Å². The minimum Gasteiger partial charge on any atom is -0.488 e. The van der Waals surface area contributed by atoms with Gasteiger partial charge in [0.2, 0.25) is 5.13 Å². The number of hydrogen-bond acceptors (Lipinski definition) is 5. The molecule has 0 amide bonds. The zero-order chi connectivity index (χ0) is 21.0. The highest BCUT2D eigenvalue weighted by Crippen LogP contribution is 2.29. The Morgan fingerprint density at radius 1 is 0.935 bits per heavy atom. The standard InChI is InChI=1S/C25H18ClN3OS/c26-21-10-4-2-8-18(21)16-30-23-14-13-17-7-1-3-9-19(17)20(23)15-27-29-25-28-22-11-5-6-12-24(22)31-25/h1-15H,16H2,(H,28,29)/b27-15-. The fourth-order valence-electron chi connectivity index (χ4n) is 3.38. The number of hydrogen-bond donors (Lipinski definition) is 1. The van der Waals surface area contributed by atoms with E-state index >= 15 is 0 Å². The molecule has 1 aromatic heterocycles. The molecule has 4 nitrogen and oxygen atoms in total. The van der Waals surface area contributed by atoms with Crippen molar-refractivity contribution in [3.05, 3.63) is 101 Å². The number of ether oxygens (including phenoxy) is 1. The Morgan fingerprint density at radius 2 is 1.74 bits per heavy atom. The first-order valence-corrected chi connectivity index (χ1v) is 11.0. The summed E-state index contributed by atoms with van der Waals surface area (Å²) in [5.41, 5.74) is 5.85. The molecule has 1 N–H and O–H groups in total. The van der Waals surface area contributed by atoms with Crippen molar-refractivity contribution in [3.63, 3.8) is 0 Å². The third-order valence-corrected chi connectivity index (χ3v) is 6.23. The Kier molecular flexibility index (Phi) is 5.52. The molecular weight excluding hydrogens is 426 g/mol. The zero-order valence-electron chi connectivity index (χ0n) is 16.5. The summed E-state index contributed by atoms with van der Waals surface area (Å²) >= 11 is 7.86. The maximum absolute atomic E-state index is 6.29. The molecule has 0 aliphatic rings. The Balaban J connectivity index is 1.44. The van der Waals surface area contributed by atoms with Crippen molar-refractivity contribution in [3.8, 4) is 5.75 Å². The van der Waals surface area contributed by atoms with Crippen LogP contribution in [0.3, 0.4) is 0 Å². The monoisotopic (exact) mass is 443 g/mol. The Hall–Kier alpha value is -3.41. The lowest BCUT2D eigenvalue weighted by Crippen LogP contribution is -2.00. The van der Waals surface area contributed by atoms with E-state index in [1.165, 1.54) is 0 Å². The van der Waals surface area contributed by atoms with Crippen LogP contribution in [0.2, 0.25) is 5.02 Å². The smallest absolute Gasteiger partial charge is 0.204 e. The van der Waals surface area contributed by atoms with E-state index in [-0.39, 0.29) is 0 Å². The number of aromatic nitrogens is 1. The van der Waals surface area contributed by atoms with Crippen LogP contribution in [0.1, 0.15) is 11.1 Å². The van der Waals surface area contributed by atoms with Crippen LogP contribution in [-0.2, 0) is 6.61 Å². The normalized spacial score (nSPS) is 11.4. The molecule has 0 aliphatic heterocycles. The molecule has 0 unspecified atom stereocenters. The molecular formula is C25H18ClN3OS. The average Bonchev–Trinajstić information content (AvgIpc) is 3.22. The number of thiazole rings is 1. The average molecular weight is 444 g/mol. The van der Waals surface area contributed by atoms with Crippen LogP contribution in [0.4, 0.5) is 5.13 Å². The second-order valence-corrected chi connectivity index (χ2v) is 8.37. The molecule has 6 heteroatoms. The van der Waals surface area contributed by atoms with E-state index in [2.05, 4.69) is 33.7 Å². The van der Waals surface area contributed by atoms with E-state index in [1.807, 2.05) is 66.7 Å². The van der Waals surface area contributed by atoms with Gasteiger partial charge in [-0.05, 0) is 35.0 Å². The second-order valence-electron chi connectivity index (χ2n) is 6.94. The quantitative estimate of drug-likeness (QED) is 0.224. The maximum Gasteiger partial charge on any atom is 0.204 e. The summed E-state index contributed by atoms with van der Waals surface area (Å²) in [7, 11) is 0. The van der Waals surface area contributed by atoms with E-state index in [4.69, 9.17) is 16.3 Å². The van der Waals surface area contributed by atoms with Crippen LogP contribution in [0, 0.1) is 0 Å². The lowest BCUT2D eigenvalue weighted by Gasteiger charge is -2.12.